The highest BCUT2D eigenvalue weighted by atomic mass is 16.6. The van der Waals surface area contributed by atoms with Gasteiger partial charge in [-0.05, 0) is 52.9 Å². The van der Waals surface area contributed by atoms with Crippen LogP contribution in [0.5, 0.6) is 0 Å². The maximum absolute atomic E-state index is 12.1. The number of fused-ring (bicyclic) bond motifs is 1. The average Bonchev–Trinajstić information content (AvgIpc) is 2.80. The van der Waals surface area contributed by atoms with Crippen LogP contribution in [-0.4, -0.2) is 34.9 Å². The first-order chi connectivity index (χ1) is 12.6. The van der Waals surface area contributed by atoms with Crippen LogP contribution in [0.3, 0.4) is 0 Å². The van der Waals surface area contributed by atoms with E-state index < -0.39 is 23.6 Å². The van der Waals surface area contributed by atoms with Crippen molar-refractivity contribution in [2.45, 2.75) is 84.0 Å². The molecular formula is C22H32O5. The Kier molecular flexibility index (Phi) is 7.04. The zero-order chi connectivity index (χ0) is 20.2. The Balaban J connectivity index is 2.34. The molecule has 4 atom stereocenters. The fourth-order valence-corrected chi connectivity index (χ4v) is 3.83. The van der Waals surface area contributed by atoms with Gasteiger partial charge in [0, 0.05) is 24.8 Å². The minimum absolute atomic E-state index is 0.281. The smallest absolute Gasteiger partial charge is 0.334 e. The van der Waals surface area contributed by atoms with Crippen molar-refractivity contribution in [3.63, 3.8) is 0 Å². The van der Waals surface area contributed by atoms with Gasteiger partial charge in [0.15, 0.2) is 0 Å². The molecule has 150 valence electrons. The van der Waals surface area contributed by atoms with Gasteiger partial charge in [-0.3, -0.25) is 4.79 Å². The number of esters is 2. The van der Waals surface area contributed by atoms with Crippen LogP contribution in [-0.2, 0) is 19.1 Å². The number of carbonyl (C=O) groups excluding carboxylic acids is 2. The van der Waals surface area contributed by atoms with Gasteiger partial charge >= 0.3 is 11.9 Å². The molecule has 0 spiro atoms. The second kappa shape index (κ2) is 8.87. The number of rotatable bonds is 1. The van der Waals surface area contributed by atoms with Crippen molar-refractivity contribution in [3.05, 3.63) is 35.5 Å². The number of hydrogen-bond donors (Lipinski definition) is 1. The maximum Gasteiger partial charge on any atom is 0.334 e. The predicted molar refractivity (Wildman–Crippen MR) is 104 cm³/mol. The van der Waals surface area contributed by atoms with E-state index in [0.29, 0.717) is 31.3 Å². The number of ether oxygens (including phenoxy) is 2. The summed E-state index contributed by atoms with van der Waals surface area (Å²) >= 11 is 0. The molecule has 1 N–H and O–H groups in total. The lowest BCUT2D eigenvalue weighted by Crippen LogP contribution is -2.44. The van der Waals surface area contributed by atoms with Gasteiger partial charge in [0.05, 0.1) is 5.60 Å². The van der Waals surface area contributed by atoms with E-state index >= 15 is 0 Å². The lowest BCUT2D eigenvalue weighted by Gasteiger charge is -2.34. The van der Waals surface area contributed by atoms with Gasteiger partial charge in [0.2, 0.25) is 0 Å². The molecule has 27 heavy (non-hydrogen) atoms. The van der Waals surface area contributed by atoms with E-state index in [0.717, 1.165) is 18.4 Å². The number of aliphatic hydroxyl groups is 1. The molecule has 0 amide bonds. The van der Waals surface area contributed by atoms with Gasteiger partial charge in [0.1, 0.15) is 12.2 Å². The van der Waals surface area contributed by atoms with Gasteiger partial charge in [-0.2, -0.15) is 0 Å². The van der Waals surface area contributed by atoms with Crippen molar-refractivity contribution in [2.75, 3.05) is 0 Å². The summed E-state index contributed by atoms with van der Waals surface area (Å²) in [5.41, 5.74) is 1.62. The Bertz CT molecular complexity index is 656. The second-order valence-corrected chi connectivity index (χ2v) is 8.15. The fraction of sp³-hybridized carbons (Fsp3) is 0.636. The summed E-state index contributed by atoms with van der Waals surface area (Å²) in [4.78, 5) is 23.7. The first kappa shape index (κ1) is 21.4. The molecule has 2 rings (SSSR count). The predicted octanol–water partition coefficient (Wildman–Crippen LogP) is 4.01. The minimum Gasteiger partial charge on any atom is -0.459 e. The minimum atomic E-state index is -1.20. The zero-order valence-electron chi connectivity index (χ0n) is 16.9. The Labute approximate surface area is 162 Å². The number of allylic oxidation sites excluding steroid dienone is 3. The van der Waals surface area contributed by atoms with Crippen LogP contribution in [0.1, 0.15) is 66.2 Å². The molecule has 0 aromatic carbocycles. The molecule has 0 unspecified atom stereocenters. The molecular weight excluding hydrogens is 344 g/mol. The van der Waals surface area contributed by atoms with Crippen LogP contribution in [0.25, 0.3) is 0 Å². The van der Waals surface area contributed by atoms with Gasteiger partial charge < -0.3 is 14.6 Å². The van der Waals surface area contributed by atoms with E-state index in [4.69, 9.17) is 9.47 Å². The van der Waals surface area contributed by atoms with Crippen LogP contribution in [0.4, 0.5) is 0 Å². The molecule has 0 saturated carbocycles. The molecule has 0 bridgehead atoms. The third-order valence-corrected chi connectivity index (χ3v) is 5.58. The SMILES string of the molecule is C=C1C(=O)O[C@H]2C/C(C)=C/CC/C(C)=C\CC[C@@](C)(O)[C@@H](OC(C)=O)C[C@H]12. The molecule has 2 aliphatic rings. The molecule has 1 saturated heterocycles. The first-order valence-electron chi connectivity index (χ1n) is 9.70. The lowest BCUT2D eigenvalue weighted by molar-refractivity contribution is -0.164. The first-order valence-corrected chi connectivity index (χ1v) is 9.70. The lowest BCUT2D eigenvalue weighted by atomic mass is 9.81. The summed E-state index contributed by atoms with van der Waals surface area (Å²) in [6.45, 7) is 11.0. The summed E-state index contributed by atoms with van der Waals surface area (Å²) in [5, 5.41) is 11.0. The summed E-state index contributed by atoms with van der Waals surface area (Å²) in [5.74, 6) is -1.13. The Morgan fingerprint density at radius 2 is 1.96 bits per heavy atom. The molecule has 0 aromatic heterocycles. The fourth-order valence-electron chi connectivity index (χ4n) is 3.83. The van der Waals surface area contributed by atoms with E-state index in [9.17, 15) is 14.7 Å². The third kappa shape index (κ3) is 5.80. The Hall–Kier alpha value is -1.88. The van der Waals surface area contributed by atoms with Crippen LogP contribution >= 0.6 is 0 Å². The van der Waals surface area contributed by atoms with Crippen LogP contribution < -0.4 is 0 Å². The molecule has 5 nitrogen and oxygen atoms in total. The summed E-state index contributed by atoms with van der Waals surface area (Å²) < 4.78 is 11.0. The van der Waals surface area contributed by atoms with Gasteiger partial charge in [-0.25, -0.2) is 4.79 Å². The van der Waals surface area contributed by atoms with Crippen LogP contribution in [0.15, 0.2) is 35.5 Å². The highest BCUT2D eigenvalue weighted by Gasteiger charge is 2.44. The van der Waals surface area contributed by atoms with Crippen molar-refractivity contribution >= 4 is 11.9 Å². The molecule has 1 aliphatic carbocycles. The number of hydrogen-bond acceptors (Lipinski definition) is 5. The summed E-state index contributed by atoms with van der Waals surface area (Å²) in [6.07, 6.45) is 7.25. The molecule has 1 heterocycles. The van der Waals surface area contributed by atoms with Crippen molar-refractivity contribution in [2.24, 2.45) is 5.92 Å². The van der Waals surface area contributed by atoms with Crippen molar-refractivity contribution in [1.82, 2.24) is 0 Å². The quantitative estimate of drug-likeness (QED) is 0.425. The van der Waals surface area contributed by atoms with Gasteiger partial charge in [-0.1, -0.05) is 29.9 Å². The second-order valence-electron chi connectivity index (χ2n) is 8.15. The summed E-state index contributed by atoms with van der Waals surface area (Å²) in [7, 11) is 0. The highest BCUT2D eigenvalue weighted by molar-refractivity contribution is 5.90. The third-order valence-electron chi connectivity index (χ3n) is 5.58. The van der Waals surface area contributed by atoms with Gasteiger partial charge in [0.25, 0.3) is 0 Å². The Morgan fingerprint density at radius 1 is 1.30 bits per heavy atom. The van der Waals surface area contributed by atoms with Crippen LogP contribution in [0.2, 0.25) is 0 Å². The van der Waals surface area contributed by atoms with E-state index in [2.05, 4.69) is 25.7 Å². The summed E-state index contributed by atoms with van der Waals surface area (Å²) in [6, 6.07) is 0. The largest absolute Gasteiger partial charge is 0.459 e. The maximum atomic E-state index is 12.1. The molecule has 0 radical (unpaired) electrons. The normalized spacial score (nSPS) is 37.1. The van der Waals surface area contributed by atoms with Crippen molar-refractivity contribution < 1.29 is 24.2 Å². The monoisotopic (exact) mass is 376 g/mol. The van der Waals surface area contributed by atoms with Crippen molar-refractivity contribution in [1.29, 1.82) is 0 Å². The van der Waals surface area contributed by atoms with Crippen LogP contribution in [0, 0.1) is 5.92 Å². The van der Waals surface area contributed by atoms with Crippen molar-refractivity contribution in [3.8, 4) is 0 Å². The highest BCUT2D eigenvalue weighted by Crippen LogP contribution is 2.37. The average molecular weight is 376 g/mol. The standard InChI is InChI=1S/C22H32O5/c1-14-8-6-9-15(2)12-19-18(16(3)21(24)27-19)13-20(26-17(4)23)22(5,25)11-7-10-14/h9-10,18-20,25H,3,6-8,11-13H2,1-2,4-5H3/b14-10-,15-9+/t18-,19+,20+,22-/m1/s1. The molecule has 1 fully saturated rings. The topological polar surface area (TPSA) is 72.8 Å². The van der Waals surface area contributed by atoms with E-state index in [1.807, 2.05) is 6.92 Å². The van der Waals surface area contributed by atoms with Gasteiger partial charge in [-0.15, -0.1) is 0 Å². The zero-order valence-corrected chi connectivity index (χ0v) is 16.9. The Morgan fingerprint density at radius 3 is 2.63 bits per heavy atom. The van der Waals surface area contributed by atoms with E-state index in [-0.39, 0.29) is 12.0 Å². The number of carbonyl (C=O) groups is 2. The van der Waals surface area contributed by atoms with E-state index in [1.54, 1.807) is 6.92 Å². The molecule has 1 aliphatic heterocycles. The van der Waals surface area contributed by atoms with E-state index in [1.165, 1.54) is 12.5 Å². The molecule has 5 heteroatoms. The molecule has 0 aromatic rings.